The Hall–Kier alpha value is -3.10. The first-order valence-electron chi connectivity index (χ1n) is 10.6. The monoisotopic (exact) mass is 453 g/mol. The SMILES string of the molecule is CN(C)c1ccc(NC(=O)c2cccs2)cc1CN(CC1CCCO1)C(=O)c1ccco1. The fourth-order valence-corrected chi connectivity index (χ4v) is 4.46. The van der Waals surface area contributed by atoms with Gasteiger partial charge in [0, 0.05) is 45.2 Å². The van der Waals surface area contributed by atoms with Gasteiger partial charge >= 0.3 is 0 Å². The maximum Gasteiger partial charge on any atom is 0.289 e. The molecule has 168 valence electrons. The van der Waals surface area contributed by atoms with Crippen LogP contribution in [-0.2, 0) is 11.3 Å². The van der Waals surface area contributed by atoms with Crippen LogP contribution in [0.3, 0.4) is 0 Å². The predicted octanol–water partition coefficient (Wildman–Crippen LogP) is 4.48. The lowest BCUT2D eigenvalue weighted by molar-refractivity contribution is 0.0484. The fraction of sp³-hybridized carbons (Fsp3) is 0.333. The summed E-state index contributed by atoms with van der Waals surface area (Å²) in [7, 11) is 3.92. The molecule has 0 spiro atoms. The van der Waals surface area contributed by atoms with E-state index in [1.807, 2.05) is 48.6 Å². The second-order valence-corrected chi connectivity index (χ2v) is 8.92. The van der Waals surface area contributed by atoms with Gasteiger partial charge in [-0.05, 0) is 60.2 Å². The molecule has 0 bridgehead atoms. The molecular weight excluding hydrogens is 426 g/mol. The molecule has 3 heterocycles. The van der Waals surface area contributed by atoms with Crippen molar-refractivity contribution in [3.05, 3.63) is 70.3 Å². The van der Waals surface area contributed by atoms with Crippen molar-refractivity contribution < 1.29 is 18.7 Å². The minimum absolute atomic E-state index is 0.0124. The third-order valence-electron chi connectivity index (χ3n) is 5.39. The fourth-order valence-electron chi connectivity index (χ4n) is 3.84. The molecule has 0 aliphatic carbocycles. The molecule has 8 heteroatoms. The van der Waals surface area contributed by atoms with E-state index in [4.69, 9.17) is 9.15 Å². The number of benzene rings is 1. The van der Waals surface area contributed by atoms with Crippen molar-refractivity contribution in [2.75, 3.05) is 37.5 Å². The van der Waals surface area contributed by atoms with Crippen molar-refractivity contribution in [1.29, 1.82) is 0 Å². The summed E-state index contributed by atoms with van der Waals surface area (Å²) < 4.78 is 11.2. The Morgan fingerprint density at radius 2 is 2.06 bits per heavy atom. The Morgan fingerprint density at radius 1 is 1.19 bits per heavy atom. The summed E-state index contributed by atoms with van der Waals surface area (Å²) >= 11 is 1.40. The van der Waals surface area contributed by atoms with E-state index in [1.165, 1.54) is 17.6 Å². The third-order valence-corrected chi connectivity index (χ3v) is 6.26. The number of thiophene rings is 1. The van der Waals surface area contributed by atoms with E-state index >= 15 is 0 Å². The molecule has 32 heavy (non-hydrogen) atoms. The molecule has 0 radical (unpaired) electrons. The predicted molar refractivity (Wildman–Crippen MR) is 125 cm³/mol. The highest BCUT2D eigenvalue weighted by Gasteiger charge is 2.26. The zero-order chi connectivity index (χ0) is 22.5. The summed E-state index contributed by atoms with van der Waals surface area (Å²) in [5, 5.41) is 4.83. The molecule has 1 fully saturated rings. The zero-order valence-corrected chi connectivity index (χ0v) is 19.1. The number of hydrogen-bond donors (Lipinski definition) is 1. The average Bonchev–Trinajstić information content (AvgIpc) is 3.56. The number of nitrogens with zero attached hydrogens (tertiary/aromatic N) is 2. The van der Waals surface area contributed by atoms with Crippen LogP contribution in [0.15, 0.2) is 58.5 Å². The molecule has 3 aromatic rings. The van der Waals surface area contributed by atoms with Gasteiger partial charge in [-0.15, -0.1) is 11.3 Å². The molecule has 1 aromatic carbocycles. The molecule has 1 unspecified atom stereocenters. The lowest BCUT2D eigenvalue weighted by atomic mass is 10.1. The Morgan fingerprint density at radius 3 is 2.72 bits per heavy atom. The maximum atomic E-state index is 13.2. The van der Waals surface area contributed by atoms with Crippen LogP contribution >= 0.6 is 11.3 Å². The maximum absolute atomic E-state index is 13.2. The van der Waals surface area contributed by atoms with Gasteiger partial charge in [-0.25, -0.2) is 0 Å². The highest BCUT2D eigenvalue weighted by Crippen LogP contribution is 2.27. The summed E-state index contributed by atoms with van der Waals surface area (Å²) in [6, 6.07) is 12.8. The molecule has 1 aliphatic heterocycles. The summed E-state index contributed by atoms with van der Waals surface area (Å²) in [5.74, 6) is -0.0220. The normalized spacial score (nSPS) is 15.5. The number of nitrogens with one attached hydrogen (secondary N) is 1. The van der Waals surface area contributed by atoms with Gasteiger partial charge in [0.1, 0.15) is 0 Å². The second kappa shape index (κ2) is 10.0. The van der Waals surface area contributed by atoms with Crippen LogP contribution in [0, 0.1) is 0 Å². The van der Waals surface area contributed by atoms with Gasteiger partial charge in [-0.1, -0.05) is 6.07 Å². The van der Waals surface area contributed by atoms with Crippen molar-refractivity contribution in [2.45, 2.75) is 25.5 Å². The molecule has 0 saturated carbocycles. The molecule has 7 nitrogen and oxygen atoms in total. The lowest BCUT2D eigenvalue weighted by Crippen LogP contribution is -2.37. The number of hydrogen-bond acceptors (Lipinski definition) is 6. The number of ether oxygens (including phenoxy) is 1. The van der Waals surface area contributed by atoms with E-state index in [1.54, 1.807) is 23.1 Å². The van der Waals surface area contributed by atoms with Gasteiger partial charge in [-0.2, -0.15) is 0 Å². The largest absolute Gasteiger partial charge is 0.459 e. The number of rotatable bonds is 8. The van der Waals surface area contributed by atoms with Gasteiger partial charge in [0.05, 0.1) is 17.2 Å². The Labute approximate surface area is 191 Å². The second-order valence-electron chi connectivity index (χ2n) is 7.97. The highest BCUT2D eigenvalue weighted by atomic mass is 32.1. The van der Waals surface area contributed by atoms with E-state index in [2.05, 4.69) is 5.32 Å². The van der Waals surface area contributed by atoms with Crippen LogP contribution < -0.4 is 10.2 Å². The van der Waals surface area contributed by atoms with Crippen LogP contribution in [0.5, 0.6) is 0 Å². The first-order chi connectivity index (χ1) is 15.5. The number of furan rings is 1. The van der Waals surface area contributed by atoms with Crippen LogP contribution in [-0.4, -0.2) is 50.1 Å². The van der Waals surface area contributed by atoms with Crippen molar-refractivity contribution in [3.8, 4) is 0 Å². The van der Waals surface area contributed by atoms with Crippen LogP contribution in [0.1, 0.15) is 38.6 Å². The van der Waals surface area contributed by atoms with E-state index in [0.29, 0.717) is 29.4 Å². The molecule has 1 saturated heterocycles. The number of carbonyl (C=O) groups is 2. The van der Waals surface area contributed by atoms with Gasteiger partial charge in [0.25, 0.3) is 11.8 Å². The highest BCUT2D eigenvalue weighted by molar-refractivity contribution is 7.12. The van der Waals surface area contributed by atoms with Crippen molar-refractivity contribution >= 4 is 34.5 Å². The number of carbonyl (C=O) groups excluding carboxylic acids is 2. The van der Waals surface area contributed by atoms with E-state index in [-0.39, 0.29) is 17.9 Å². The summed E-state index contributed by atoms with van der Waals surface area (Å²) in [5.41, 5.74) is 2.59. The summed E-state index contributed by atoms with van der Waals surface area (Å²) in [4.78, 5) is 30.1. The van der Waals surface area contributed by atoms with Crippen LogP contribution in [0.2, 0.25) is 0 Å². The lowest BCUT2D eigenvalue weighted by Gasteiger charge is -2.27. The molecule has 1 aliphatic rings. The van der Waals surface area contributed by atoms with Crippen LogP contribution in [0.25, 0.3) is 0 Å². The Kier molecular flexibility index (Phi) is 6.92. The minimum Gasteiger partial charge on any atom is -0.459 e. The first kappa shape index (κ1) is 22.1. The van der Waals surface area contributed by atoms with Crippen molar-refractivity contribution in [2.24, 2.45) is 0 Å². The quantitative estimate of drug-likeness (QED) is 0.544. The van der Waals surface area contributed by atoms with Crippen molar-refractivity contribution in [1.82, 2.24) is 4.90 Å². The molecular formula is C24H27N3O4S. The van der Waals surface area contributed by atoms with Crippen molar-refractivity contribution in [3.63, 3.8) is 0 Å². The molecule has 1 atom stereocenters. The Bertz CT molecular complexity index is 1040. The van der Waals surface area contributed by atoms with Gasteiger partial charge in [-0.3, -0.25) is 9.59 Å². The third kappa shape index (κ3) is 5.20. The first-order valence-corrected chi connectivity index (χ1v) is 11.5. The number of anilines is 2. The topological polar surface area (TPSA) is 75.0 Å². The standard InChI is InChI=1S/C24H27N3O4S/c1-26(2)20-10-9-18(25-23(28)22-8-5-13-32-22)14-17(20)15-27(16-19-6-3-11-30-19)24(29)21-7-4-12-31-21/h4-5,7-10,12-14,19H,3,6,11,15-16H2,1-2H3,(H,25,28). The van der Waals surface area contributed by atoms with Gasteiger partial charge in [0.15, 0.2) is 5.76 Å². The summed E-state index contributed by atoms with van der Waals surface area (Å²) in [6.07, 6.45) is 3.45. The van der Waals surface area contributed by atoms with E-state index < -0.39 is 0 Å². The molecule has 1 N–H and O–H groups in total. The molecule has 2 amide bonds. The Balaban J connectivity index is 1.60. The van der Waals surface area contributed by atoms with E-state index in [9.17, 15) is 9.59 Å². The smallest absolute Gasteiger partial charge is 0.289 e. The van der Waals surface area contributed by atoms with Gasteiger partial charge in [0.2, 0.25) is 0 Å². The molecule has 2 aromatic heterocycles. The molecule has 4 rings (SSSR count). The number of amides is 2. The zero-order valence-electron chi connectivity index (χ0n) is 18.2. The summed E-state index contributed by atoms with van der Waals surface area (Å²) in [6.45, 7) is 1.58. The van der Waals surface area contributed by atoms with Gasteiger partial charge < -0.3 is 24.3 Å². The minimum atomic E-state index is -0.178. The van der Waals surface area contributed by atoms with Crippen LogP contribution in [0.4, 0.5) is 11.4 Å². The average molecular weight is 454 g/mol. The van der Waals surface area contributed by atoms with E-state index in [0.717, 1.165) is 30.7 Å².